The molecule has 0 bridgehead atoms. The van der Waals surface area contributed by atoms with Crippen molar-refractivity contribution in [2.24, 2.45) is 0 Å². The van der Waals surface area contributed by atoms with Crippen LogP contribution in [-0.4, -0.2) is 12.0 Å². The fourth-order valence-electron chi connectivity index (χ4n) is 1.03. The van der Waals surface area contributed by atoms with Crippen LogP contribution in [0.2, 0.25) is 0 Å². The van der Waals surface area contributed by atoms with Gasteiger partial charge in [-0.3, -0.25) is 15.4 Å². The van der Waals surface area contributed by atoms with Gasteiger partial charge >= 0.3 is 0 Å². The van der Waals surface area contributed by atoms with Gasteiger partial charge in [0.2, 0.25) is 0 Å². The van der Waals surface area contributed by atoms with Gasteiger partial charge in [0.15, 0.2) is 0 Å². The Balaban J connectivity index is 2.88. The van der Waals surface area contributed by atoms with Gasteiger partial charge in [0.05, 0.1) is 0 Å². The van der Waals surface area contributed by atoms with Crippen LogP contribution in [-0.2, 0) is 0 Å². The topological polar surface area (TPSA) is 55.2 Å². The molecule has 1 atom stereocenters. The Morgan fingerprint density at radius 2 is 2.00 bits per heavy atom. The molecule has 64 valence electrons. The van der Waals surface area contributed by atoms with Gasteiger partial charge in [0.25, 0.3) is 6.17 Å². The molecule has 0 aliphatic heterocycles. The molecule has 0 aromatic heterocycles. The van der Waals surface area contributed by atoms with Crippen molar-refractivity contribution in [3.05, 3.63) is 46.0 Å². The van der Waals surface area contributed by atoms with E-state index in [4.69, 9.17) is 0 Å². The van der Waals surface area contributed by atoms with Crippen molar-refractivity contribution < 1.29 is 4.92 Å². The van der Waals surface area contributed by atoms with Crippen molar-refractivity contribution >= 4 is 0 Å². The number of hydrogen-bond acceptors (Lipinski definition) is 3. The SMILES string of the molecule is CNC(c1ccccc1)[N+](=O)[O-]. The van der Waals surface area contributed by atoms with Crippen LogP contribution >= 0.6 is 0 Å². The largest absolute Gasteiger partial charge is 0.291 e. The predicted molar refractivity (Wildman–Crippen MR) is 45.2 cm³/mol. The monoisotopic (exact) mass is 166 g/mol. The highest BCUT2D eigenvalue weighted by molar-refractivity contribution is 5.16. The van der Waals surface area contributed by atoms with Crippen molar-refractivity contribution in [2.45, 2.75) is 6.17 Å². The van der Waals surface area contributed by atoms with E-state index in [9.17, 15) is 10.1 Å². The number of nitrogens with one attached hydrogen (secondary N) is 1. The first kappa shape index (κ1) is 8.67. The second-order valence-corrected chi connectivity index (χ2v) is 2.39. The lowest BCUT2D eigenvalue weighted by atomic mass is 10.2. The lowest BCUT2D eigenvalue weighted by Gasteiger charge is -2.06. The minimum Gasteiger partial charge on any atom is -0.262 e. The molecule has 0 radical (unpaired) electrons. The predicted octanol–water partition coefficient (Wildman–Crippen LogP) is 1.18. The van der Waals surface area contributed by atoms with E-state index in [-0.39, 0.29) is 4.92 Å². The van der Waals surface area contributed by atoms with Gasteiger partial charge in [0.1, 0.15) is 0 Å². The van der Waals surface area contributed by atoms with Crippen molar-refractivity contribution in [1.29, 1.82) is 0 Å². The molecule has 1 unspecified atom stereocenters. The van der Waals surface area contributed by atoms with E-state index in [1.165, 1.54) is 0 Å². The van der Waals surface area contributed by atoms with E-state index in [1.807, 2.05) is 6.07 Å². The standard InChI is InChI=1S/C8H10N2O2/c1-9-8(10(11)12)7-5-3-2-4-6-7/h2-6,8-9H,1H3. The second kappa shape index (κ2) is 3.82. The molecule has 0 fully saturated rings. The Bertz CT molecular complexity index is 261. The first-order valence-electron chi connectivity index (χ1n) is 3.61. The molecule has 1 aromatic carbocycles. The van der Waals surface area contributed by atoms with E-state index in [0.717, 1.165) is 0 Å². The van der Waals surface area contributed by atoms with Crippen molar-refractivity contribution in [2.75, 3.05) is 7.05 Å². The molecule has 0 heterocycles. The van der Waals surface area contributed by atoms with E-state index in [1.54, 1.807) is 31.3 Å². The minimum absolute atomic E-state index is 0.352. The molecule has 1 N–H and O–H groups in total. The van der Waals surface area contributed by atoms with Crippen LogP contribution in [0.25, 0.3) is 0 Å². The summed E-state index contributed by atoms with van der Waals surface area (Å²) >= 11 is 0. The summed E-state index contributed by atoms with van der Waals surface area (Å²) in [6, 6.07) is 8.84. The van der Waals surface area contributed by atoms with Crippen molar-refractivity contribution in [3.63, 3.8) is 0 Å². The van der Waals surface area contributed by atoms with Crippen LogP contribution in [0.5, 0.6) is 0 Å². The summed E-state index contributed by atoms with van der Waals surface area (Å²) in [6.45, 7) is 0. The van der Waals surface area contributed by atoms with E-state index in [0.29, 0.717) is 5.56 Å². The third-order valence-electron chi connectivity index (χ3n) is 1.60. The molecule has 0 aliphatic carbocycles. The van der Waals surface area contributed by atoms with E-state index < -0.39 is 6.17 Å². The quantitative estimate of drug-likeness (QED) is 0.416. The zero-order chi connectivity index (χ0) is 8.97. The highest BCUT2D eigenvalue weighted by Gasteiger charge is 2.18. The zero-order valence-electron chi connectivity index (χ0n) is 6.73. The molecule has 0 saturated carbocycles. The fourth-order valence-corrected chi connectivity index (χ4v) is 1.03. The number of nitro groups is 1. The van der Waals surface area contributed by atoms with Crippen LogP contribution < -0.4 is 5.32 Å². The molecule has 0 spiro atoms. The molecule has 0 saturated heterocycles. The highest BCUT2D eigenvalue weighted by atomic mass is 16.6. The molecule has 12 heavy (non-hydrogen) atoms. The molecule has 0 aliphatic rings. The Kier molecular flexibility index (Phi) is 2.76. The summed E-state index contributed by atoms with van der Waals surface area (Å²) < 4.78 is 0. The summed E-state index contributed by atoms with van der Waals surface area (Å²) in [6.07, 6.45) is -0.800. The molecule has 1 rings (SSSR count). The van der Waals surface area contributed by atoms with Gasteiger partial charge in [0, 0.05) is 10.5 Å². The first-order chi connectivity index (χ1) is 5.75. The number of hydrogen-bond donors (Lipinski definition) is 1. The Labute approximate surface area is 70.4 Å². The average Bonchev–Trinajstić information content (AvgIpc) is 2.07. The van der Waals surface area contributed by atoms with Crippen molar-refractivity contribution in [1.82, 2.24) is 5.32 Å². The molecule has 1 aromatic rings. The Morgan fingerprint density at radius 1 is 1.42 bits per heavy atom. The third-order valence-corrected chi connectivity index (χ3v) is 1.60. The first-order valence-corrected chi connectivity index (χ1v) is 3.61. The lowest BCUT2D eigenvalue weighted by molar-refractivity contribution is -0.535. The highest BCUT2D eigenvalue weighted by Crippen LogP contribution is 2.11. The molecule has 4 heteroatoms. The van der Waals surface area contributed by atoms with Crippen molar-refractivity contribution in [3.8, 4) is 0 Å². The summed E-state index contributed by atoms with van der Waals surface area (Å²) in [5.74, 6) is 0. The van der Waals surface area contributed by atoms with Crippen LogP contribution in [0.4, 0.5) is 0 Å². The summed E-state index contributed by atoms with van der Waals surface area (Å²) in [7, 11) is 1.57. The third kappa shape index (κ3) is 1.79. The lowest BCUT2D eigenvalue weighted by Crippen LogP contribution is -2.24. The maximum atomic E-state index is 10.5. The number of benzene rings is 1. The van der Waals surface area contributed by atoms with Crippen LogP contribution in [0, 0.1) is 10.1 Å². The van der Waals surface area contributed by atoms with Gasteiger partial charge in [-0.1, -0.05) is 30.3 Å². The van der Waals surface area contributed by atoms with Gasteiger partial charge in [-0.25, -0.2) is 0 Å². The van der Waals surface area contributed by atoms with Gasteiger partial charge in [-0.15, -0.1) is 0 Å². The van der Waals surface area contributed by atoms with E-state index in [2.05, 4.69) is 5.32 Å². The average molecular weight is 166 g/mol. The number of nitrogens with zero attached hydrogens (tertiary/aromatic N) is 1. The summed E-state index contributed by atoms with van der Waals surface area (Å²) in [5.41, 5.74) is 0.671. The maximum absolute atomic E-state index is 10.5. The van der Waals surface area contributed by atoms with Gasteiger partial charge < -0.3 is 0 Å². The van der Waals surface area contributed by atoms with Gasteiger partial charge in [-0.05, 0) is 7.05 Å². The van der Waals surface area contributed by atoms with Crippen LogP contribution in [0.1, 0.15) is 11.7 Å². The molecular formula is C8H10N2O2. The number of rotatable bonds is 3. The molecular weight excluding hydrogens is 156 g/mol. The van der Waals surface area contributed by atoms with Gasteiger partial charge in [-0.2, -0.15) is 0 Å². The van der Waals surface area contributed by atoms with Crippen LogP contribution in [0.15, 0.2) is 30.3 Å². The zero-order valence-corrected chi connectivity index (χ0v) is 6.73. The summed E-state index contributed by atoms with van der Waals surface area (Å²) in [4.78, 5) is 10.1. The maximum Gasteiger partial charge on any atom is 0.291 e. The molecule has 4 nitrogen and oxygen atoms in total. The fraction of sp³-hybridized carbons (Fsp3) is 0.250. The minimum atomic E-state index is -0.800. The second-order valence-electron chi connectivity index (χ2n) is 2.39. The smallest absolute Gasteiger partial charge is 0.262 e. The van der Waals surface area contributed by atoms with Crippen LogP contribution in [0.3, 0.4) is 0 Å². The normalized spacial score (nSPS) is 12.4. The van der Waals surface area contributed by atoms with E-state index >= 15 is 0 Å². The Hall–Kier alpha value is -1.42. The molecule has 0 amide bonds. The summed E-state index contributed by atoms with van der Waals surface area (Å²) in [5, 5.41) is 13.1. The Morgan fingerprint density at radius 3 is 2.42 bits per heavy atom.